The molecule has 0 saturated heterocycles. The Bertz CT molecular complexity index is 1150. The standard InChI is InChI=1S/C24H25N5O3/c1-15(2)10-11-28-23(31)20-9-6-18(12-21(20)24(28)32)22(30)27-16(3)17-4-7-19(8-5-17)29-14-25-13-26-29/h4-9,12-16H,10-11H2,1-3H3,(H,27,30). The fourth-order valence-corrected chi connectivity index (χ4v) is 3.64. The van der Waals surface area contributed by atoms with Crippen molar-refractivity contribution < 1.29 is 14.4 Å². The minimum absolute atomic E-state index is 0.250. The molecule has 1 N–H and O–H groups in total. The maximum absolute atomic E-state index is 12.8. The molecule has 0 aliphatic carbocycles. The maximum atomic E-state index is 12.8. The molecule has 0 spiro atoms. The average Bonchev–Trinajstić information content (AvgIpc) is 3.40. The summed E-state index contributed by atoms with van der Waals surface area (Å²) >= 11 is 0. The number of carbonyl (C=O) groups is 3. The molecular formula is C24H25N5O3. The molecule has 0 fully saturated rings. The van der Waals surface area contributed by atoms with E-state index < -0.39 is 0 Å². The maximum Gasteiger partial charge on any atom is 0.261 e. The van der Waals surface area contributed by atoms with Crippen LogP contribution in [0.2, 0.25) is 0 Å². The minimum Gasteiger partial charge on any atom is -0.346 e. The van der Waals surface area contributed by atoms with Crippen molar-refractivity contribution in [3.05, 3.63) is 77.4 Å². The van der Waals surface area contributed by atoms with Gasteiger partial charge in [-0.2, -0.15) is 5.10 Å². The van der Waals surface area contributed by atoms with Gasteiger partial charge in [-0.3, -0.25) is 19.3 Å². The first-order valence-corrected chi connectivity index (χ1v) is 10.6. The van der Waals surface area contributed by atoms with E-state index in [-0.39, 0.29) is 29.3 Å². The van der Waals surface area contributed by atoms with Crippen LogP contribution in [0.3, 0.4) is 0 Å². The van der Waals surface area contributed by atoms with Gasteiger partial charge >= 0.3 is 0 Å². The van der Waals surface area contributed by atoms with Crippen molar-refractivity contribution in [2.45, 2.75) is 33.2 Å². The fourth-order valence-electron chi connectivity index (χ4n) is 3.64. The average molecular weight is 431 g/mol. The molecule has 1 aromatic heterocycles. The number of hydrogen-bond acceptors (Lipinski definition) is 5. The summed E-state index contributed by atoms with van der Waals surface area (Å²) in [7, 11) is 0. The third kappa shape index (κ3) is 4.16. The molecule has 1 atom stereocenters. The van der Waals surface area contributed by atoms with Crippen molar-refractivity contribution in [1.29, 1.82) is 0 Å². The van der Waals surface area contributed by atoms with Crippen molar-refractivity contribution in [2.24, 2.45) is 5.92 Å². The molecular weight excluding hydrogens is 406 g/mol. The Hall–Kier alpha value is -3.81. The Kier molecular flexibility index (Phi) is 5.85. The molecule has 1 unspecified atom stereocenters. The Morgan fingerprint density at radius 3 is 2.38 bits per heavy atom. The van der Waals surface area contributed by atoms with E-state index in [4.69, 9.17) is 0 Å². The number of imide groups is 1. The topological polar surface area (TPSA) is 97.2 Å². The van der Waals surface area contributed by atoms with Crippen LogP contribution in [0.25, 0.3) is 5.69 Å². The summed E-state index contributed by atoms with van der Waals surface area (Å²) in [6.07, 6.45) is 3.82. The number of benzene rings is 2. The fraction of sp³-hybridized carbons (Fsp3) is 0.292. The van der Waals surface area contributed by atoms with E-state index in [1.54, 1.807) is 23.1 Å². The third-order valence-electron chi connectivity index (χ3n) is 5.59. The highest BCUT2D eigenvalue weighted by Gasteiger charge is 2.35. The summed E-state index contributed by atoms with van der Waals surface area (Å²) in [5.74, 6) is -0.551. The van der Waals surface area contributed by atoms with Gasteiger partial charge in [-0.25, -0.2) is 9.67 Å². The highest BCUT2D eigenvalue weighted by Crippen LogP contribution is 2.25. The van der Waals surface area contributed by atoms with Gasteiger partial charge in [-0.15, -0.1) is 0 Å². The highest BCUT2D eigenvalue weighted by molar-refractivity contribution is 6.22. The molecule has 0 radical (unpaired) electrons. The van der Waals surface area contributed by atoms with E-state index in [9.17, 15) is 14.4 Å². The second kappa shape index (κ2) is 8.74. The van der Waals surface area contributed by atoms with Crippen LogP contribution < -0.4 is 5.32 Å². The van der Waals surface area contributed by atoms with E-state index in [0.29, 0.717) is 23.6 Å². The molecule has 0 saturated carbocycles. The van der Waals surface area contributed by atoms with E-state index in [1.807, 2.05) is 45.0 Å². The molecule has 4 rings (SSSR count). The second-order valence-electron chi connectivity index (χ2n) is 8.33. The molecule has 0 bridgehead atoms. The third-order valence-corrected chi connectivity index (χ3v) is 5.59. The Labute approximate surface area is 186 Å². The van der Waals surface area contributed by atoms with Crippen LogP contribution in [0.4, 0.5) is 0 Å². The molecule has 1 aliphatic heterocycles. The summed E-state index contributed by atoms with van der Waals surface area (Å²) in [5.41, 5.74) is 2.79. The number of amides is 3. The zero-order chi connectivity index (χ0) is 22.8. The Morgan fingerprint density at radius 2 is 1.72 bits per heavy atom. The van der Waals surface area contributed by atoms with E-state index in [2.05, 4.69) is 15.4 Å². The second-order valence-corrected chi connectivity index (χ2v) is 8.33. The van der Waals surface area contributed by atoms with Crippen LogP contribution in [0.1, 0.15) is 69.9 Å². The molecule has 2 aromatic carbocycles. The van der Waals surface area contributed by atoms with Crippen molar-refractivity contribution in [1.82, 2.24) is 25.0 Å². The molecule has 1 aliphatic rings. The number of carbonyl (C=O) groups excluding carboxylic acids is 3. The van der Waals surface area contributed by atoms with E-state index in [1.165, 1.54) is 17.3 Å². The highest BCUT2D eigenvalue weighted by atomic mass is 16.2. The van der Waals surface area contributed by atoms with Crippen LogP contribution in [0, 0.1) is 5.92 Å². The van der Waals surface area contributed by atoms with Gasteiger partial charge in [0.15, 0.2) is 0 Å². The van der Waals surface area contributed by atoms with Crippen molar-refractivity contribution in [2.75, 3.05) is 6.54 Å². The molecule has 3 aromatic rings. The minimum atomic E-state index is -0.336. The largest absolute Gasteiger partial charge is 0.346 e. The molecule has 32 heavy (non-hydrogen) atoms. The van der Waals surface area contributed by atoms with Crippen LogP contribution in [0.15, 0.2) is 55.1 Å². The van der Waals surface area contributed by atoms with Crippen LogP contribution in [0.5, 0.6) is 0 Å². The summed E-state index contributed by atoms with van der Waals surface area (Å²) < 4.78 is 1.65. The van der Waals surface area contributed by atoms with E-state index in [0.717, 1.165) is 17.7 Å². The SMILES string of the molecule is CC(C)CCN1C(=O)c2ccc(C(=O)NC(C)c3ccc(-n4cncn4)cc3)cc2C1=O. The Morgan fingerprint density at radius 1 is 1.00 bits per heavy atom. The number of nitrogens with zero attached hydrogens (tertiary/aromatic N) is 4. The molecule has 8 heteroatoms. The van der Waals surface area contributed by atoms with Crippen LogP contribution in [-0.4, -0.2) is 43.9 Å². The lowest BCUT2D eigenvalue weighted by molar-refractivity contribution is 0.0647. The molecule has 3 amide bonds. The van der Waals surface area contributed by atoms with Crippen molar-refractivity contribution in [3.8, 4) is 5.69 Å². The van der Waals surface area contributed by atoms with Crippen LogP contribution in [-0.2, 0) is 0 Å². The van der Waals surface area contributed by atoms with Gasteiger partial charge in [-0.05, 0) is 55.2 Å². The first-order chi connectivity index (χ1) is 15.3. The smallest absolute Gasteiger partial charge is 0.261 e. The number of hydrogen-bond donors (Lipinski definition) is 1. The molecule has 8 nitrogen and oxygen atoms in total. The lowest BCUT2D eigenvalue weighted by atomic mass is 10.0. The zero-order valence-corrected chi connectivity index (χ0v) is 18.3. The number of nitrogens with one attached hydrogen (secondary N) is 1. The van der Waals surface area contributed by atoms with Crippen LogP contribution >= 0.6 is 0 Å². The van der Waals surface area contributed by atoms with Crippen molar-refractivity contribution >= 4 is 17.7 Å². The number of aromatic nitrogens is 3. The summed E-state index contributed by atoms with van der Waals surface area (Å²) in [4.78, 5) is 43.3. The van der Waals surface area contributed by atoms with Gasteiger partial charge in [-0.1, -0.05) is 26.0 Å². The predicted octanol–water partition coefficient (Wildman–Crippen LogP) is 3.40. The van der Waals surface area contributed by atoms with Gasteiger partial charge in [0.25, 0.3) is 17.7 Å². The van der Waals surface area contributed by atoms with Gasteiger partial charge in [0.1, 0.15) is 12.7 Å². The van der Waals surface area contributed by atoms with Gasteiger partial charge in [0.05, 0.1) is 22.9 Å². The van der Waals surface area contributed by atoms with Gasteiger partial charge in [0.2, 0.25) is 0 Å². The quantitative estimate of drug-likeness (QED) is 0.578. The van der Waals surface area contributed by atoms with Gasteiger partial charge < -0.3 is 5.32 Å². The summed E-state index contributed by atoms with van der Waals surface area (Å²) in [6, 6.07) is 12.1. The monoisotopic (exact) mass is 431 g/mol. The van der Waals surface area contributed by atoms with Crippen molar-refractivity contribution in [3.63, 3.8) is 0 Å². The Balaban J connectivity index is 1.46. The lowest BCUT2D eigenvalue weighted by Crippen LogP contribution is -2.31. The summed E-state index contributed by atoms with van der Waals surface area (Å²) in [5, 5.41) is 7.05. The predicted molar refractivity (Wildman–Crippen MR) is 119 cm³/mol. The molecule has 2 heterocycles. The van der Waals surface area contributed by atoms with Gasteiger partial charge in [0, 0.05) is 12.1 Å². The molecule has 164 valence electrons. The first kappa shape index (κ1) is 21.4. The first-order valence-electron chi connectivity index (χ1n) is 10.6. The van der Waals surface area contributed by atoms with E-state index >= 15 is 0 Å². The zero-order valence-electron chi connectivity index (χ0n) is 18.3. The normalized spacial score (nSPS) is 14.1. The number of rotatable bonds is 7. The number of fused-ring (bicyclic) bond motifs is 1. The lowest BCUT2D eigenvalue weighted by Gasteiger charge is -2.15. The summed E-state index contributed by atoms with van der Waals surface area (Å²) in [6.45, 7) is 6.36.